The van der Waals surface area contributed by atoms with Crippen LogP contribution < -0.4 is 9.80 Å². The Hall–Kier alpha value is -2.55. The van der Waals surface area contributed by atoms with E-state index in [0.29, 0.717) is 23.7 Å². The molecule has 1 aliphatic rings. The molecule has 44 heavy (non-hydrogen) atoms. The maximum atomic E-state index is 4.81. The first-order valence-electron chi connectivity index (χ1n) is 15.2. The van der Waals surface area contributed by atoms with Gasteiger partial charge in [0.25, 0.3) is 0 Å². The van der Waals surface area contributed by atoms with Crippen LogP contribution in [-0.2, 0) is 22.5 Å². The Morgan fingerprint density at radius 2 is 1.05 bits per heavy atom. The maximum absolute atomic E-state index is 4.81. The molecule has 1 aliphatic heterocycles. The second-order valence-electron chi connectivity index (χ2n) is 12.1. The van der Waals surface area contributed by atoms with Gasteiger partial charge >= 0.3 is 35.0 Å². The Kier molecular flexibility index (Phi) is 14.5. The number of imidazole rings is 1. The van der Waals surface area contributed by atoms with Gasteiger partial charge in [0.05, 0.1) is 17.7 Å². The second kappa shape index (κ2) is 17.8. The van der Waals surface area contributed by atoms with Crippen molar-refractivity contribution in [2.75, 3.05) is 9.80 Å². The minimum Gasteiger partial charge on any atom is -0.333 e. The number of hydrogen-bond acceptors (Lipinski definition) is 3. The Morgan fingerprint density at radius 1 is 0.636 bits per heavy atom. The molecule has 4 nitrogen and oxygen atoms in total. The van der Waals surface area contributed by atoms with Crippen molar-refractivity contribution in [2.45, 2.75) is 85.6 Å². The van der Waals surface area contributed by atoms with E-state index in [2.05, 4.69) is 142 Å². The molecule has 0 unspecified atom stereocenters. The SMILES string of the molecule is CC(C)c1cccc(C(C)C)c1N1[C]N(c2c(C(C)C)cccc2C(C)C)C=C1.[Cl][Pd][Cl].c1ccc(Cn2ccnc2)cc1. The molecule has 7 heteroatoms. The first-order valence-corrected chi connectivity index (χ1v) is 19.2. The summed E-state index contributed by atoms with van der Waals surface area (Å²) < 4.78 is 2.05. The van der Waals surface area contributed by atoms with Gasteiger partial charge in [0.15, 0.2) is 0 Å². The Morgan fingerprint density at radius 3 is 1.39 bits per heavy atom. The zero-order valence-corrected chi connectivity index (χ0v) is 30.2. The Bertz CT molecular complexity index is 1310. The number of rotatable bonds is 8. The van der Waals surface area contributed by atoms with Crippen LogP contribution in [0.4, 0.5) is 11.4 Å². The molecule has 0 fully saturated rings. The summed E-state index contributed by atoms with van der Waals surface area (Å²) in [6.07, 6.45) is 9.91. The van der Waals surface area contributed by atoms with Gasteiger partial charge in [0.1, 0.15) is 0 Å². The van der Waals surface area contributed by atoms with Crippen LogP contribution in [-0.4, -0.2) is 9.55 Å². The number of benzene rings is 3. The van der Waals surface area contributed by atoms with Crippen molar-refractivity contribution < 1.29 is 15.9 Å². The van der Waals surface area contributed by atoms with Crippen molar-refractivity contribution in [3.05, 3.63) is 132 Å². The molecule has 0 saturated heterocycles. The molecule has 4 aromatic rings. The third-order valence-electron chi connectivity index (χ3n) is 7.51. The number of anilines is 2. The summed E-state index contributed by atoms with van der Waals surface area (Å²) in [5.74, 6) is 1.84. The van der Waals surface area contributed by atoms with Gasteiger partial charge in [0.2, 0.25) is 6.67 Å². The van der Waals surface area contributed by atoms with Crippen molar-refractivity contribution >= 4 is 30.4 Å². The van der Waals surface area contributed by atoms with E-state index in [-0.39, 0.29) is 15.9 Å². The van der Waals surface area contributed by atoms with Gasteiger partial charge in [-0.25, -0.2) is 4.98 Å². The Labute approximate surface area is 282 Å². The maximum Gasteiger partial charge on any atom is 0.0949 e. The van der Waals surface area contributed by atoms with E-state index in [4.69, 9.17) is 19.1 Å². The van der Waals surface area contributed by atoms with Crippen molar-refractivity contribution in [2.24, 2.45) is 0 Å². The largest absolute Gasteiger partial charge is 0.333 e. The van der Waals surface area contributed by atoms with Crippen molar-refractivity contribution in [3.63, 3.8) is 0 Å². The van der Waals surface area contributed by atoms with E-state index in [1.807, 2.05) is 30.7 Å². The van der Waals surface area contributed by atoms with Crippen LogP contribution in [0.15, 0.2) is 97.9 Å². The number of para-hydroxylation sites is 2. The van der Waals surface area contributed by atoms with Crippen LogP contribution in [0.3, 0.4) is 0 Å². The second-order valence-corrected chi connectivity index (χ2v) is 14.5. The standard InChI is InChI=1S/C27H36N2.C10H10N2.2ClH.Pd/c1-18(2)22-11-9-12-23(19(3)4)26(22)28-15-16-29(17-28)27-24(20(5)6)13-10-14-25(27)21(7)8;1-2-4-10(5-3-1)8-12-7-6-11-9-12;;;/h9-16,18-21H,1-8H3;1-7,9H,8H2;2*1H;/q;;;;+2/p-2. The molecule has 2 radical (unpaired) electrons. The first kappa shape index (κ1) is 35.9. The average Bonchev–Trinajstić information content (AvgIpc) is 3.70. The molecule has 0 aliphatic carbocycles. The fraction of sp³-hybridized carbons (Fsp3) is 0.351. The van der Waals surface area contributed by atoms with E-state index in [9.17, 15) is 0 Å². The van der Waals surface area contributed by atoms with Gasteiger partial charge in [-0.05, 0) is 51.5 Å². The van der Waals surface area contributed by atoms with Gasteiger partial charge < -0.3 is 14.4 Å². The van der Waals surface area contributed by atoms with Gasteiger partial charge in [-0.1, -0.05) is 122 Å². The van der Waals surface area contributed by atoms with Crippen LogP contribution in [0.25, 0.3) is 0 Å². The number of nitrogens with zero attached hydrogens (tertiary/aromatic N) is 4. The summed E-state index contributed by atoms with van der Waals surface area (Å²) in [7, 11) is 9.63. The predicted molar refractivity (Wildman–Crippen MR) is 186 cm³/mol. The zero-order valence-electron chi connectivity index (χ0n) is 27.1. The molecule has 0 amide bonds. The molecule has 238 valence electrons. The van der Waals surface area contributed by atoms with E-state index >= 15 is 0 Å². The first-order chi connectivity index (χ1) is 21.1. The molecule has 2 heterocycles. The average molecular weight is 724 g/mol. The molecule has 0 saturated carbocycles. The van der Waals surface area contributed by atoms with Gasteiger partial charge in [0, 0.05) is 31.3 Å². The summed E-state index contributed by atoms with van der Waals surface area (Å²) in [5, 5.41) is 0. The van der Waals surface area contributed by atoms with Crippen LogP contribution in [0.2, 0.25) is 0 Å². The quantitative estimate of drug-likeness (QED) is 0.169. The van der Waals surface area contributed by atoms with Gasteiger partial charge in [-0.3, -0.25) is 0 Å². The fourth-order valence-electron chi connectivity index (χ4n) is 5.32. The summed E-state index contributed by atoms with van der Waals surface area (Å²) in [5.41, 5.74) is 9.35. The van der Waals surface area contributed by atoms with Gasteiger partial charge in [-0.15, -0.1) is 0 Å². The summed E-state index contributed by atoms with van der Waals surface area (Å²) in [6, 6.07) is 23.7. The molecule has 1 aromatic heterocycles. The smallest absolute Gasteiger partial charge is 0.0949 e. The van der Waals surface area contributed by atoms with Crippen molar-refractivity contribution in [3.8, 4) is 0 Å². The molecule has 0 spiro atoms. The third kappa shape index (κ3) is 9.72. The number of halogens is 2. The van der Waals surface area contributed by atoms with Crippen molar-refractivity contribution in [1.29, 1.82) is 0 Å². The molecule has 0 N–H and O–H groups in total. The summed E-state index contributed by atoms with van der Waals surface area (Å²) >= 11 is -0.106. The number of aromatic nitrogens is 2. The van der Waals surface area contributed by atoms with E-state index in [1.54, 1.807) is 6.20 Å². The van der Waals surface area contributed by atoms with Gasteiger partial charge in [-0.2, -0.15) is 0 Å². The monoisotopic (exact) mass is 722 g/mol. The van der Waals surface area contributed by atoms with E-state index in [0.717, 1.165) is 6.54 Å². The zero-order chi connectivity index (χ0) is 32.2. The minimum absolute atomic E-state index is 0.106. The fourth-order valence-corrected chi connectivity index (χ4v) is 5.32. The third-order valence-corrected chi connectivity index (χ3v) is 7.51. The molecular weight excluding hydrogens is 678 g/mol. The predicted octanol–water partition coefficient (Wildman–Crippen LogP) is 11.3. The number of hydrogen-bond donors (Lipinski definition) is 0. The Balaban J connectivity index is 0.000000290. The van der Waals surface area contributed by atoms with E-state index < -0.39 is 0 Å². The normalized spacial score (nSPS) is 12.7. The molecular formula is C37H46Cl2N4Pd. The van der Waals surface area contributed by atoms with E-state index in [1.165, 1.54) is 39.2 Å². The molecule has 3 aromatic carbocycles. The topological polar surface area (TPSA) is 24.3 Å². The summed E-state index contributed by atoms with van der Waals surface area (Å²) in [4.78, 5) is 8.38. The summed E-state index contributed by atoms with van der Waals surface area (Å²) in [6.45, 7) is 22.7. The van der Waals surface area contributed by atoms with Crippen LogP contribution >= 0.6 is 19.1 Å². The van der Waals surface area contributed by atoms with Crippen LogP contribution in [0, 0.1) is 6.67 Å². The molecule has 5 rings (SSSR count). The van der Waals surface area contributed by atoms with Crippen molar-refractivity contribution in [1.82, 2.24) is 9.55 Å². The van der Waals surface area contributed by atoms with Crippen LogP contribution in [0.1, 0.15) is 107 Å². The molecule has 0 bridgehead atoms. The molecule has 0 atom stereocenters. The van der Waals surface area contributed by atoms with Crippen LogP contribution in [0.5, 0.6) is 0 Å². The minimum atomic E-state index is -0.106.